The minimum absolute atomic E-state index is 0.246. The maximum Gasteiger partial charge on any atom is 0.231 e. The highest BCUT2D eigenvalue weighted by atomic mass is 79.9. The number of imidazole rings is 1. The van der Waals surface area contributed by atoms with E-state index in [2.05, 4.69) is 49.2 Å². The van der Waals surface area contributed by atoms with E-state index in [0.29, 0.717) is 23.3 Å². The first-order valence-electron chi connectivity index (χ1n) is 11.0. The second kappa shape index (κ2) is 9.07. The third-order valence-electron chi connectivity index (χ3n) is 6.29. The molecule has 8 nitrogen and oxygen atoms in total. The van der Waals surface area contributed by atoms with Crippen molar-refractivity contribution in [2.75, 3.05) is 25.6 Å². The number of aromatic nitrogens is 4. The van der Waals surface area contributed by atoms with Crippen molar-refractivity contribution in [1.82, 2.24) is 24.4 Å². The normalized spacial score (nSPS) is 17.0. The van der Waals surface area contributed by atoms with Crippen LogP contribution in [-0.4, -0.2) is 50.3 Å². The molecule has 2 N–H and O–H groups in total. The molecule has 0 unspecified atom stereocenters. The summed E-state index contributed by atoms with van der Waals surface area (Å²) in [4.78, 5) is 17.0. The number of piperidine rings is 1. The van der Waals surface area contributed by atoms with Crippen molar-refractivity contribution < 1.29 is 9.47 Å². The van der Waals surface area contributed by atoms with Gasteiger partial charge in [-0.3, -0.25) is 0 Å². The van der Waals surface area contributed by atoms with Crippen LogP contribution in [0, 0.1) is 5.92 Å². The van der Waals surface area contributed by atoms with Gasteiger partial charge in [-0.1, -0.05) is 11.8 Å². The summed E-state index contributed by atoms with van der Waals surface area (Å²) in [6.07, 6.45) is 5.08. The second-order valence-corrected chi connectivity index (χ2v) is 10.4. The van der Waals surface area contributed by atoms with Crippen molar-refractivity contribution in [3.8, 4) is 11.5 Å². The van der Waals surface area contributed by atoms with E-state index in [4.69, 9.17) is 20.2 Å². The molecule has 170 valence electrons. The van der Waals surface area contributed by atoms with Crippen LogP contribution in [0.4, 0.5) is 5.82 Å². The summed E-state index contributed by atoms with van der Waals surface area (Å²) >= 11 is 5.23. The third kappa shape index (κ3) is 4.27. The number of nitrogen functional groups attached to an aromatic ring is 1. The Labute approximate surface area is 200 Å². The Balaban J connectivity index is 1.40. The van der Waals surface area contributed by atoms with Crippen LogP contribution in [0.25, 0.3) is 11.2 Å². The molecule has 0 radical (unpaired) electrons. The van der Waals surface area contributed by atoms with E-state index < -0.39 is 0 Å². The van der Waals surface area contributed by atoms with Gasteiger partial charge in [-0.25, -0.2) is 15.0 Å². The zero-order chi connectivity index (χ0) is 22.2. The number of benzene rings is 1. The first-order chi connectivity index (χ1) is 15.5. The van der Waals surface area contributed by atoms with Gasteiger partial charge in [0, 0.05) is 22.0 Å². The lowest BCUT2D eigenvalue weighted by Gasteiger charge is -2.34. The van der Waals surface area contributed by atoms with E-state index >= 15 is 0 Å². The summed E-state index contributed by atoms with van der Waals surface area (Å²) in [6.45, 7) is 8.00. The van der Waals surface area contributed by atoms with E-state index in [1.54, 1.807) is 11.8 Å². The third-order valence-corrected chi connectivity index (χ3v) is 8.26. The molecule has 0 amide bonds. The van der Waals surface area contributed by atoms with Crippen molar-refractivity contribution in [3.05, 3.63) is 22.9 Å². The van der Waals surface area contributed by atoms with Gasteiger partial charge in [-0.15, -0.1) is 0 Å². The van der Waals surface area contributed by atoms with Crippen molar-refractivity contribution in [2.24, 2.45) is 5.92 Å². The van der Waals surface area contributed by atoms with Crippen LogP contribution in [-0.2, 0) is 6.54 Å². The average molecular weight is 519 g/mol. The highest BCUT2D eigenvalue weighted by molar-refractivity contribution is 9.10. The molecule has 0 bridgehead atoms. The fraction of sp³-hybridized carbons (Fsp3) is 0.500. The van der Waals surface area contributed by atoms with Crippen LogP contribution < -0.4 is 15.2 Å². The maximum absolute atomic E-state index is 6.13. The number of hydrogen-bond donors (Lipinski definition) is 1. The molecule has 2 aromatic heterocycles. The molecule has 1 saturated heterocycles. The zero-order valence-corrected chi connectivity index (χ0v) is 20.7. The van der Waals surface area contributed by atoms with E-state index in [0.717, 1.165) is 44.6 Å². The van der Waals surface area contributed by atoms with Crippen LogP contribution >= 0.6 is 27.7 Å². The van der Waals surface area contributed by atoms with Crippen LogP contribution in [0.5, 0.6) is 11.5 Å². The highest BCUT2D eigenvalue weighted by Crippen LogP contribution is 2.43. The largest absolute Gasteiger partial charge is 0.454 e. The monoisotopic (exact) mass is 518 g/mol. The maximum atomic E-state index is 6.13. The lowest BCUT2D eigenvalue weighted by Crippen LogP contribution is -2.38. The Morgan fingerprint density at radius 1 is 1.19 bits per heavy atom. The fourth-order valence-electron chi connectivity index (χ4n) is 4.36. The predicted molar refractivity (Wildman–Crippen MR) is 128 cm³/mol. The van der Waals surface area contributed by atoms with Gasteiger partial charge in [0.1, 0.15) is 6.33 Å². The first kappa shape index (κ1) is 21.8. The lowest BCUT2D eigenvalue weighted by atomic mass is 9.93. The van der Waals surface area contributed by atoms with E-state index in [1.807, 2.05) is 12.1 Å². The van der Waals surface area contributed by atoms with Gasteiger partial charge >= 0.3 is 0 Å². The van der Waals surface area contributed by atoms with Gasteiger partial charge in [0.25, 0.3) is 0 Å². The summed E-state index contributed by atoms with van der Waals surface area (Å²) in [5, 5.41) is 0.853. The number of hydrogen-bond acceptors (Lipinski definition) is 8. The number of likely N-dealkylation sites (tertiary alicyclic amines) is 1. The van der Waals surface area contributed by atoms with Crippen molar-refractivity contribution >= 4 is 44.7 Å². The Bertz CT molecular complexity index is 1130. The Morgan fingerprint density at radius 3 is 2.69 bits per heavy atom. The molecule has 0 saturated carbocycles. The van der Waals surface area contributed by atoms with Crippen LogP contribution in [0.2, 0.25) is 0 Å². The molecule has 1 fully saturated rings. The van der Waals surface area contributed by atoms with Crippen molar-refractivity contribution in [2.45, 2.75) is 55.7 Å². The summed E-state index contributed by atoms with van der Waals surface area (Å²) in [5.74, 6) is 2.61. The molecular weight excluding hydrogens is 492 g/mol. The van der Waals surface area contributed by atoms with Crippen LogP contribution in [0.15, 0.2) is 33.0 Å². The minimum Gasteiger partial charge on any atom is -0.454 e. The topological polar surface area (TPSA) is 91.3 Å². The molecule has 10 heteroatoms. The minimum atomic E-state index is 0.246. The number of ether oxygens (including phenoxy) is 2. The summed E-state index contributed by atoms with van der Waals surface area (Å²) in [7, 11) is 0. The Hall–Kier alpha value is -2.04. The van der Waals surface area contributed by atoms with Crippen molar-refractivity contribution in [1.29, 1.82) is 0 Å². The highest BCUT2D eigenvalue weighted by Gasteiger charge is 2.24. The summed E-state index contributed by atoms with van der Waals surface area (Å²) in [6, 6.07) is 4.54. The summed E-state index contributed by atoms with van der Waals surface area (Å²) < 4.78 is 14.2. The smallest absolute Gasteiger partial charge is 0.231 e. The number of anilines is 1. The zero-order valence-electron chi connectivity index (χ0n) is 18.3. The average Bonchev–Trinajstić information content (AvgIpc) is 3.37. The molecule has 0 spiro atoms. The number of fused-ring (bicyclic) bond motifs is 2. The lowest BCUT2D eigenvalue weighted by molar-refractivity contribution is 0.143. The number of nitrogens with two attached hydrogens (primary N) is 1. The van der Waals surface area contributed by atoms with Gasteiger partial charge in [-0.05, 0) is 80.2 Å². The number of rotatable bonds is 6. The quantitative estimate of drug-likeness (QED) is 0.507. The molecular formula is C22H27BrN6O2S. The molecule has 0 atom stereocenters. The SMILES string of the molecule is CC(C)N1CCC(CCn2c(Sc3cc4c(cc3Br)OCO4)nc3c(N)ncnc32)CC1. The number of nitrogens with zero attached hydrogens (tertiary/aromatic N) is 5. The molecule has 1 aromatic carbocycles. The standard InChI is InChI=1S/C22H27BrN6O2S/c1-13(2)28-6-3-14(4-7-28)5-8-29-21-19(20(24)25-11-26-21)27-22(29)32-18-10-17-16(9-15(18)23)30-12-31-17/h9-11,13-14H,3-8,12H2,1-2H3,(H2,24,25,26). The Kier molecular flexibility index (Phi) is 6.18. The van der Waals surface area contributed by atoms with Gasteiger partial charge in [-0.2, -0.15) is 0 Å². The summed E-state index contributed by atoms with van der Waals surface area (Å²) in [5.41, 5.74) is 7.57. The molecule has 2 aliphatic heterocycles. The van der Waals surface area contributed by atoms with Crippen LogP contribution in [0.1, 0.15) is 33.1 Å². The van der Waals surface area contributed by atoms with Crippen LogP contribution in [0.3, 0.4) is 0 Å². The van der Waals surface area contributed by atoms with E-state index in [1.165, 1.54) is 32.3 Å². The molecule has 3 aromatic rings. The second-order valence-electron chi connectivity index (χ2n) is 8.58. The van der Waals surface area contributed by atoms with Gasteiger partial charge in [0.2, 0.25) is 6.79 Å². The first-order valence-corrected chi connectivity index (χ1v) is 12.6. The molecule has 2 aliphatic rings. The van der Waals surface area contributed by atoms with E-state index in [9.17, 15) is 0 Å². The molecule has 32 heavy (non-hydrogen) atoms. The molecule has 0 aliphatic carbocycles. The number of aryl methyl sites for hydroxylation is 1. The van der Waals surface area contributed by atoms with Gasteiger partial charge in [0.05, 0.1) is 0 Å². The van der Waals surface area contributed by atoms with Crippen molar-refractivity contribution in [3.63, 3.8) is 0 Å². The van der Waals surface area contributed by atoms with Gasteiger partial charge < -0.3 is 24.7 Å². The number of halogens is 1. The predicted octanol–water partition coefficient (Wildman–Crippen LogP) is 4.56. The van der Waals surface area contributed by atoms with Gasteiger partial charge in [0.15, 0.2) is 33.6 Å². The Morgan fingerprint density at radius 2 is 1.94 bits per heavy atom. The van der Waals surface area contributed by atoms with E-state index in [-0.39, 0.29) is 6.79 Å². The molecule has 4 heterocycles. The molecule has 5 rings (SSSR count). The fourth-order valence-corrected chi connectivity index (χ4v) is 5.87.